The zero-order chi connectivity index (χ0) is 14.7. The number of ether oxygens (including phenoxy) is 1. The molecule has 0 amide bonds. The number of hydrogen-bond donors (Lipinski definition) is 1. The lowest BCUT2D eigenvalue weighted by molar-refractivity contribution is 0.446. The number of benzene rings is 1. The van der Waals surface area contributed by atoms with E-state index >= 15 is 0 Å². The van der Waals surface area contributed by atoms with Crippen LogP contribution in [0.3, 0.4) is 0 Å². The summed E-state index contributed by atoms with van der Waals surface area (Å²) >= 11 is 14.2. The molecule has 2 rings (SSSR count). The molecule has 0 atom stereocenters. The molecule has 4 nitrogen and oxygen atoms in total. The molecule has 0 aliphatic rings. The van der Waals surface area contributed by atoms with Gasteiger partial charge in [0.25, 0.3) is 5.88 Å². The maximum atomic E-state index is 11.7. The molecular weight excluding hydrogens is 431 g/mol. The Bertz CT molecular complexity index is 694. The zero-order valence-electron chi connectivity index (χ0n) is 10.2. The lowest BCUT2D eigenvalue weighted by atomic mass is 10.3. The van der Waals surface area contributed by atoms with E-state index in [1.807, 2.05) is 12.1 Å². The molecule has 106 valence electrons. The summed E-state index contributed by atoms with van der Waals surface area (Å²) in [6.45, 7) is 2.06. The average molecular weight is 441 g/mol. The van der Waals surface area contributed by atoms with E-state index in [1.165, 1.54) is 6.07 Å². The van der Waals surface area contributed by atoms with Crippen LogP contribution in [0, 0.1) is 0 Å². The summed E-state index contributed by atoms with van der Waals surface area (Å²) < 4.78 is 7.23. The minimum absolute atomic E-state index is 0.0510. The maximum Gasteiger partial charge on any atom is 0.285 e. The lowest BCUT2D eigenvalue weighted by Gasteiger charge is -2.10. The SMILES string of the molecule is CCSc1cc(Oc2n[nH]c(Cl)cc2=O)c(Br)cc1Br. The van der Waals surface area contributed by atoms with Gasteiger partial charge >= 0.3 is 0 Å². The first-order valence-corrected chi connectivity index (χ1v) is 8.51. The zero-order valence-corrected chi connectivity index (χ0v) is 15.0. The van der Waals surface area contributed by atoms with E-state index in [-0.39, 0.29) is 16.5 Å². The highest BCUT2D eigenvalue weighted by Gasteiger charge is 2.12. The fourth-order valence-electron chi connectivity index (χ4n) is 1.40. The third-order valence-electron chi connectivity index (χ3n) is 2.23. The van der Waals surface area contributed by atoms with Crippen LogP contribution in [0.5, 0.6) is 11.6 Å². The van der Waals surface area contributed by atoms with Gasteiger partial charge in [-0.1, -0.05) is 18.5 Å². The van der Waals surface area contributed by atoms with Crippen molar-refractivity contribution in [2.24, 2.45) is 0 Å². The average Bonchev–Trinajstić information content (AvgIpc) is 2.38. The Balaban J connectivity index is 2.37. The summed E-state index contributed by atoms with van der Waals surface area (Å²) in [7, 11) is 0. The van der Waals surface area contributed by atoms with Crippen molar-refractivity contribution in [2.45, 2.75) is 11.8 Å². The van der Waals surface area contributed by atoms with Gasteiger partial charge in [0.05, 0.1) is 4.47 Å². The monoisotopic (exact) mass is 438 g/mol. The predicted octanol–water partition coefficient (Wildman–Crippen LogP) is 4.85. The van der Waals surface area contributed by atoms with Gasteiger partial charge in [0.15, 0.2) is 0 Å². The molecule has 1 aromatic carbocycles. The number of thioether (sulfide) groups is 1. The van der Waals surface area contributed by atoms with Crippen molar-refractivity contribution in [3.8, 4) is 11.6 Å². The van der Waals surface area contributed by atoms with E-state index in [9.17, 15) is 4.79 Å². The van der Waals surface area contributed by atoms with E-state index in [1.54, 1.807) is 11.8 Å². The van der Waals surface area contributed by atoms with E-state index < -0.39 is 0 Å². The Morgan fingerprint density at radius 2 is 2.10 bits per heavy atom. The van der Waals surface area contributed by atoms with E-state index in [2.05, 4.69) is 49.0 Å². The minimum atomic E-state index is -0.381. The van der Waals surface area contributed by atoms with E-state index in [0.717, 1.165) is 19.6 Å². The van der Waals surface area contributed by atoms with Crippen LogP contribution in [0.4, 0.5) is 0 Å². The summed E-state index contributed by atoms with van der Waals surface area (Å²) in [6, 6.07) is 4.94. The van der Waals surface area contributed by atoms with Crippen LogP contribution in [0.15, 0.2) is 36.8 Å². The number of rotatable bonds is 4. The standard InChI is InChI=1S/C12H9Br2ClN2O2S/c1-2-20-10-5-9(6(13)3-7(10)14)19-12-8(18)4-11(15)16-17-12/h3-5H,2H2,1H3,(H,16,18). The number of halogens is 3. The summed E-state index contributed by atoms with van der Waals surface area (Å²) in [4.78, 5) is 12.7. The molecule has 0 unspecified atom stereocenters. The molecule has 0 radical (unpaired) electrons. The molecule has 0 spiro atoms. The largest absolute Gasteiger partial charge is 0.434 e. The first-order chi connectivity index (χ1) is 9.51. The number of H-pyrrole nitrogens is 1. The quantitative estimate of drug-likeness (QED) is 0.691. The summed E-state index contributed by atoms with van der Waals surface area (Å²) in [6.07, 6.45) is 0. The van der Waals surface area contributed by atoms with E-state index in [4.69, 9.17) is 16.3 Å². The molecule has 8 heteroatoms. The third-order valence-corrected chi connectivity index (χ3v) is 4.90. The molecule has 1 aromatic heterocycles. The Morgan fingerprint density at radius 1 is 1.35 bits per heavy atom. The number of aromatic nitrogens is 2. The van der Waals surface area contributed by atoms with Crippen molar-refractivity contribution in [3.63, 3.8) is 0 Å². The summed E-state index contributed by atoms with van der Waals surface area (Å²) in [5.74, 6) is 1.40. The molecule has 0 aliphatic carbocycles. The van der Waals surface area contributed by atoms with Crippen LogP contribution >= 0.6 is 55.2 Å². The van der Waals surface area contributed by atoms with Crippen LogP contribution in [0.25, 0.3) is 0 Å². The molecule has 0 saturated carbocycles. The second-order valence-corrected chi connectivity index (χ2v) is 7.06. The minimum Gasteiger partial charge on any atom is -0.434 e. The topological polar surface area (TPSA) is 55.0 Å². The Hall–Kier alpha value is -0.500. The van der Waals surface area contributed by atoms with Crippen LogP contribution in [-0.4, -0.2) is 16.0 Å². The Labute approximate surface area is 141 Å². The number of aromatic amines is 1. The normalized spacial score (nSPS) is 10.6. The highest BCUT2D eigenvalue weighted by molar-refractivity contribution is 9.11. The molecule has 0 saturated heterocycles. The van der Waals surface area contributed by atoms with Gasteiger partial charge in [-0.2, -0.15) is 0 Å². The number of nitrogens with one attached hydrogen (secondary N) is 1. The highest BCUT2D eigenvalue weighted by Crippen LogP contribution is 2.37. The maximum absolute atomic E-state index is 11.7. The van der Waals surface area contributed by atoms with Gasteiger partial charge in [-0.15, -0.1) is 16.9 Å². The van der Waals surface area contributed by atoms with Gasteiger partial charge in [0, 0.05) is 15.4 Å². The fraction of sp³-hybridized carbons (Fsp3) is 0.167. The van der Waals surface area contributed by atoms with Gasteiger partial charge in [0.1, 0.15) is 10.9 Å². The predicted molar refractivity (Wildman–Crippen MR) is 88.2 cm³/mol. The van der Waals surface area contributed by atoms with Crippen LogP contribution < -0.4 is 10.2 Å². The number of nitrogens with zero attached hydrogens (tertiary/aromatic N) is 1. The van der Waals surface area contributed by atoms with Crippen molar-refractivity contribution in [3.05, 3.63) is 42.5 Å². The smallest absolute Gasteiger partial charge is 0.285 e. The third kappa shape index (κ3) is 3.78. The summed E-state index contributed by atoms with van der Waals surface area (Å²) in [5, 5.41) is 6.44. The molecule has 2 aromatic rings. The van der Waals surface area contributed by atoms with Crippen LogP contribution in [-0.2, 0) is 0 Å². The second-order valence-electron chi connectivity index (χ2n) is 3.63. The van der Waals surface area contributed by atoms with Crippen molar-refractivity contribution in [1.82, 2.24) is 10.2 Å². The Morgan fingerprint density at radius 3 is 2.75 bits per heavy atom. The first kappa shape index (κ1) is 15.9. The Kier molecular flexibility index (Phi) is 5.54. The van der Waals surface area contributed by atoms with Gasteiger partial charge < -0.3 is 4.74 Å². The van der Waals surface area contributed by atoms with Gasteiger partial charge in [0.2, 0.25) is 5.43 Å². The molecule has 1 N–H and O–H groups in total. The molecular formula is C12H9Br2ClN2O2S. The molecule has 20 heavy (non-hydrogen) atoms. The van der Waals surface area contributed by atoms with Gasteiger partial charge in [-0.25, -0.2) is 0 Å². The second kappa shape index (κ2) is 6.98. The highest BCUT2D eigenvalue weighted by atomic mass is 79.9. The fourth-order valence-corrected chi connectivity index (χ4v) is 3.66. The van der Waals surface area contributed by atoms with Crippen LogP contribution in [0.1, 0.15) is 6.92 Å². The van der Waals surface area contributed by atoms with Gasteiger partial charge in [-0.05, 0) is 49.7 Å². The van der Waals surface area contributed by atoms with Crippen molar-refractivity contribution in [2.75, 3.05) is 5.75 Å². The van der Waals surface area contributed by atoms with E-state index in [0.29, 0.717) is 5.75 Å². The van der Waals surface area contributed by atoms with Crippen molar-refractivity contribution in [1.29, 1.82) is 0 Å². The van der Waals surface area contributed by atoms with Crippen molar-refractivity contribution < 1.29 is 4.74 Å². The molecule has 0 aliphatic heterocycles. The molecule has 0 fully saturated rings. The van der Waals surface area contributed by atoms with Crippen molar-refractivity contribution >= 4 is 55.2 Å². The first-order valence-electron chi connectivity index (χ1n) is 5.56. The molecule has 1 heterocycles. The molecule has 0 bridgehead atoms. The van der Waals surface area contributed by atoms with Crippen LogP contribution in [0.2, 0.25) is 5.15 Å². The lowest BCUT2D eigenvalue weighted by Crippen LogP contribution is -2.07. The number of hydrogen-bond acceptors (Lipinski definition) is 4. The van der Waals surface area contributed by atoms with Gasteiger partial charge in [-0.3, -0.25) is 9.89 Å². The summed E-state index contributed by atoms with van der Waals surface area (Å²) in [5.41, 5.74) is -0.381.